The standard InChI is InChI=1S/C20H17ClN2O5/c1-12(28-18-10-8-16(21)14-5-3-4-6-15(14)18)20(24)22-17-9-7-13(23(25)26)11-19(17)27-2/h3-12H,1-2H3,(H,22,24)/t12-/m0/s1. The van der Waals surface area contributed by atoms with Crippen LogP contribution in [0, 0.1) is 10.1 Å². The molecule has 0 aliphatic carbocycles. The summed E-state index contributed by atoms with van der Waals surface area (Å²) in [6.45, 7) is 1.61. The zero-order chi connectivity index (χ0) is 20.3. The number of hydrogen-bond acceptors (Lipinski definition) is 5. The van der Waals surface area contributed by atoms with Crippen molar-refractivity contribution in [2.45, 2.75) is 13.0 Å². The van der Waals surface area contributed by atoms with Gasteiger partial charge in [-0.3, -0.25) is 14.9 Å². The van der Waals surface area contributed by atoms with Crippen molar-refractivity contribution in [2.75, 3.05) is 12.4 Å². The molecule has 0 fully saturated rings. The highest BCUT2D eigenvalue weighted by atomic mass is 35.5. The van der Waals surface area contributed by atoms with Crippen LogP contribution in [0.25, 0.3) is 10.8 Å². The molecule has 0 bridgehead atoms. The Hall–Kier alpha value is -3.32. The Balaban J connectivity index is 1.79. The summed E-state index contributed by atoms with van der Waals surface area (Å²) in [6, 6.07) is 14.8. The number of fused-ring (bicyclic) bond motifs is 1. The minimum absolute atomic E-state index is 0.133. The Kier molecular flexibility index (Phi) is 5.65. The van der Waals surface area contributed by atoms with Crippen LogP contribution in [0.3, 0.4) is 0 Å². The fourth-order valence-electron chi connectivity index (χ4n) is 2.71. The van der Waals surface area contributed by atoms with E-state index in [0.717, 1.165) is 10.8 Å². The second kappa shape index (κ2) is 8.14. The highest BCUT2D eigenvalue weighted by Crippen LogP contribution is 2.32. The molecule has 0 radical (unpaired) electrons. The van der Waals surface area contributed by atoms with Gasteiger partial charge in [-0.15, -0.1) is 0 Å². The van der Waals surface area contributed by atoms with Crippen molar-refractivity contribution in [1.82, 2.24) is 0 Å². The number of non-ortho nitro benzene ring substituents is 1. The van der Waals surface area contributed by atoms with E-state index in [1.807, 2.05) is 24.3 Å². The largest absolute Gasteiger partial charge is 0.494 e. The second-order valence-electron chi connectivity index (χ2n) is 5.98. The topological polar surface area (TPSA) is 90.7 Å². The van der Waals surface area contributed by atoms with E-state index in [0.29, 0.717) is 16.5 Å². The molecule has 1 atom stereocenters. The number of nitro groups is 1. The van der Waals surface area contributed by atoms with Crippen LogP contribution in [0.1, 0.15) is 6.92 Å². The van der Waals surface area contributed by atoms with Gasteiger partial charge in [0.25, 0.3) is 11.6 Å². The summed E-state index contributed by atoms with van der Waals surface area (Å²) in [7, 11) is 1.37. The molecule has 3 rings (SSSR count). The summed E-state index contributed by atoms with van der Waals surface area (Å²) < 4.78 is 11.0. The van der Waals surface area contributed by atoms with Crippen molar-refractivity contribution < 1.29 is 19.2 Å². The van der Waals surface area contributed by atoms with Crippen LogP contribution >= 0.6 is 11.6 Å². The number of hydrogen-bond donors (Lipinski definition) is 1. The number of anilines is 1. The van der Waals surface area contributed by atoms with Gasteiger partial charge < -0.3 is 14.8 Å². The highest BCUT2D eigenvalue weighted by molar-refractivity contribution is 6.35. The zero-order valence-electron chi connectivity index (χ0n) is 15.1. The predicted molar refractivity (Wildman–Crippen MR) is 107 cm³/mol. The third-order valence-corrected chi connectivity index (χ3v) is 4.49. The lowest BCUT2D eigenvalue weighted by molar-refractivity contribution is -0.384. The van der Waals surface area contributed by atoms with Gasteiger partial charge >= 0.3 is 0 Å². The smallest absolute Gasteiger partial charge is 0.273 e. The number of carbonyl (C=O) groups is 1. The summed E-state index contributed by atoms with van der Waals surface area (Å²) in [4.78, 5) is 22.9. The third-order valence-electron chi connectivity index (χ3n) is 4.16. The number of carbonyl (C=O) groups excluding carboxylic acids is 1. The molecule has 0 aromatic heterocycles. The number of nitrogens with one attached hydrogen (secondary N) is 1. The molecule has 0 unspecified atom stereocenters. The van der Waals surface area contributed by atoms with Gasteiger partial charge in [-0.1, -0.05) is 35.9 Å². The lowest BCUT2D eigenvalue weighted by Crippen LogP contribution is -2.30. The maximum atomic E-state index is 12.6. The fourth-order valence-corrected chi connectivity index (χ4v) is 2.94. The van der Waals surface area contributed by atoms with Gasteiger partial charge in [0.1, 0.15) is 11.5 Å². The molecular formula is C20H17ClN2O5. The van der Waals surface area contributed by atoms with Crippen LogP contribution in [0.2, 0.25) is 5.02 Å². The zero-order valence-corrected chi connectivity index (χ0v) is 15.9. The Bertz CT molecular complexity index is 1050. The molecule has 3 aromatic rings. The minimum Gasteiger partial charge on any atom is -0.494 e. The molecule has 1 amide bonds. The highest BCUT2D eigenvalue weighted by Gasteiger charge is 2.19. The Morgan fingerprint density at radius 1 is 1.11 bits per heavy atom. The second-order valence-corrected chi connectivity index (χ2v) is 6.39. The van der Waals surface area contributed by atoms with Crippen LogP contribution in [0.4, 0.5) is 11.4 Å². The monoisotopic (exact) mass is 400 g/mol. The van der Waals surface area contributed by atoms with Crippen molar-refractivity contribution in [3.8, 4) is 11.5 Å². The molecule has 7 nitrogen and oxygen atoms in total. The van der Waals surface area contributed by atoms with E-state index in [1.54, 1.807) is 19.1 Å². The normalized spacial score (nSPS) is 11.7. The Labute approximate surface area is 166 Å². The predicted octanol–water partition coefficient (Wildman–Crippen LogP) is 4.82. The number of nitrogens with zero attached hydrogens (tertiary/aromatic N) is 1. The van der Waals surface area contributed by atoms with E-state index in [4.69, 9.17) is 21.1 Å². The van der Waals surface area contributed by atoms with Crippen LogP contribution < -0.4 is 14.8 Å². The number of halogens is 1. The van der Waals surface area contributed by atoms with Crippen LogP contribution in [-0.2, 0) is 4.79 Å². The van der Waals surface area contributed by atoms with Crippen LogP contribution in [0.15, 0.2) is 54.6 Å². The van der Waals surface area contributed by atoms with Crippen molar-refractivity contribution >= 4 is 39.7 Å². The van der Waals surface area contributed by atoms with Crippen molar-refractivity contribution in [3.05, 3.63) is 69.7 Å². The van der Waals surface area contributed by atoms with E-state index in [-0.39, 0.29) is 11.4 Å². The first-order chi connectivity index (χ1) is 13.4. The van der Waals surface area contributed by atoms with Crippen LogP contribution in [0.5, 0.6) is 11.5 Å². The lowest BCUT2D eigenvalue weighted by atomic mass is 10.1. The molecule has 3 aromatic carbocycles. The molecule has 0 saturated heterocycles. The number of amides is 1. The molecule has 0 spiro atoms. The van der Waals surface area contributed by atoms with Gasteiger partial charge in [-0.05, 0) is 25.1 Å². The molecule has 1 N–H and O–H groups in total. The average molecular weight is 401 g/mol. The fraction of sp³-hybridized carbons (Fsp3) is 0.150. The van der Waals surface area contributed by atoms with Gasteiger partial charge in [0.15, 0.2) is 6.10 Å². The number of nitro benzene ring substituents is 1. The molecule has 0 heterocycles. The maximum absolute atomic E-state index is 12.6. The number of methoxy groups -OCH3 is 1. The number of rotatable bonds is 6. The molecular weight excluding hydrogens is 384 g/mol. The summed E-state index contributed by atoms with van der Waals surface area (Å²) in [5, 5.41) is 15.8. The van der Waals surface area contributed by atoms with Gasteiger partial charge in [0.2, 0.25) is 0 Å². The summed E-state index contributed by atoms with van der Waals surface area (Å²) in [5.74, 6) is 0.288. The third kappa shape index (κ3) is 3.99. The molecule has 8 heteroatoms. The Morgan fingerprint density at radius 2 is 1.82 bits per heavy atom. The van der Waals surface area contributed by atoms with E-state index < -0.39 is 16.9 Å². The minimum atomic E-state index is -0.829. The first kappa shape index (κ1) is 19.4. The van der Waals surface area contributed by atoms with E-state index in [2.05, 4.69) is 5.32 Å². The SMILES string of the molecule is COc1cc([N+](=O)[O-])ccc1NC(=O)[C@H](C)Oc1ccc(Cl)c2ccccc12. The van der Waals surface area contributed by atoms with Gasteiger partial charge in [-0.25, -0.2) is 0 Å². The summed E-state index contributed by atoms with van der Waals surface area (Å²) in [6.07, 6.45) is -0.829. The first-order valence-electron chi connectivity index (χ1n) is 8.38. The lowest BCUT2D eigenvalue weighted by Gasteiger charge is -2.17. The molecule has 0 aliphatic rings. The molecule has 0 aliphatic heterocycles. The summed E-state index contributed by atoms with van der Waals surface area (Å²) >= 11 is 6.21. The van der Waals surface area contributed by atoms with Crippen molar-refractivity contribution in [1.29, 1.82) is 0 Å². The van der Waals surface area contributed by atoms with Crippen LogP contribution in [-0.4, -0.2) is 24.0 Å². The van der Waals surface area contributed by atoms with E-state index >= 15 is 0 Å². The Morgan fingerprint density at radius 3 is 2.50 bits per heavy atom. The van der Waals surface area contributed by atoms with Gasteiger partial charge in [0.05, 0.1) is 23.8 Å². The number of ether oxygens (including phenoxy) is 2. The molecule has 0 saturated carbocycles. The maximum Gasteiger partial charge on any atom is 0.273 e. The first-order valence-corrected chi connectivity index (χ1v) is 8.75. The number of benzene rings is 3. The van der Waals surface area contributed by atoms with E-state index in [1.165, 1.54) is 25.3 Å². The van der Waals surface area contributed by atoms with E-state index in [9.17, 15) is 14.9 Å². The molecule has 28 heavy (non-hydrogen) atoms. The van der Waals surface area contributed by atoms with Gasteiger partial charge in [0, 0.05) is 21.9 Å². The molecule has 144 valence electrons. The van der Waals surface area contributed by atoms with Crippen molar-refractivity contribution in [2.24, 2.45) is 0 Å². The quantitative estimate of drug-likeness (QED) is 0.473. The summed E-state index contributed by atoms with van der Waals surface area (Å²) in [5.41, 5.74) is 0.182. The van der Waals surface area contributed by atoms with Gasteiger partial charge in [-0.2, -0.15) is 0 Å². The average Bonchev–Trinajstić information content (AvgIpc) is 2.70. The van der Waals surface area contributed by atoms with Crippen molar-refractivity contribution in [3.63, 3.8) is 0 Å².